The zero-order valence-electron chi connectivity index (χ0n) is 10.7. The number of nitrogens with zero attached hydrogens (tertiary/aromatic N) is 3. The molecule has 98 valence electrons. The summed E-state index contributed by atoms with van der Waals surface area (Å²) < 4.78 is 5.57. The molecule has 2 aromatic rings. The second-order valence-corrected chi connectivity index (χ2v) is 4.07. The van der Waals surface area contributed by atoms with Gasteiger partial charge in [0.15, 0.2) is 5.84 Å². The molecule has 0 spiro atoms. The van der Waals surface area contributed by atoms with Gasteiger partial charge < -0.3 is 15.7 Å². The number of benzene rings is 1. The first kappa shape index (κ1) is 12.8. The maximum atomic E-state index is 8.51. The first-order valence-corrected chi connectivity index (χ1v) is 5.65. The highest BCUT2D eigenvalue weighted by Crippen LogP contribution is 2.21. The lowest BCUT2D eigenvalue weighted by Crippen LogP contribution is -2.15. The second kappa shape index (κ2) is 5.34. The SMILES string of the molecule is Cc1ccc(Oc2cnc(C(N)=NO)cn2)cc1C. The molecular formula is C13H14N4O2. The van der Waals surface area contributed by atoms with E-state index in [9.17, 15) is 0 Å². The molecule has 0 radical (unpaired) electrons. The molecule has 1 heterocycles. The molecule has 0 bridgehead atoms. The Labute approximate surface area is 110 Å². The van der Waals surface area contributed by atoms with Gasteiger partial charge in [0.05, 0.1) is 12.4 Å². The number of hydrogen-bond donors (Lipinski definition) is 2. The summed E-state index contributed by atoms with van der Waals surface area (Å²) in [5.41, 5.74) is 8.01. The molecule has 0 atom stereocenters. The molecule has 1 aromatic heterocycles. The Kier molecular flexibility index (Phi) is 3.61. The molecule has 0 fully saturated rings. The third-order valence-electron chi connectivity index (χ3n) is 2.70. The number of amidine groups is 1. The van der Waals surface area contributed by atoms with E-state index in [1.807, 2.05) is 32.0 Å². The van der Waals surface area contributed by atoms with Crippen molar-refractivity contribution in [1.82, 2.24) is 9.97 Å². The van der Waals surface area contributed by atoms with E-state index in [4.69, 9.17) is 15.7 Å². The molecule has 1 aromatic carbocycles. The van der Waals surface area contributed by atoms with Gasteiger partial charge >= 0.3 is 0 Å². The van der Waals surface area contributed by atoms with E-state index in [2.05, 4.69) is 15.1 Å². The fourth-order valence-corrected chi connectivity index (χ4v) is 1.45. The number of aryl methyl sites for hydroxylation is 2. The van der Waals surface area contributed by atoms with Gasteiger partial charge in [0, 0.05) is 0 Å². The van der Waals surface area contributed by atoms with Crippen LogP contribution in [0.2, 0.25) is 0 Å². The zero-order chi connectivity index (χ0) is 13.8. The predicted molar refractivity (Wildman–Crippen MR) is 70.5 cm³/mol. The van der Waals surface area contributed by atoms with Crippen LogP contribution in [0.4, 0.5) is 0 Å². The summed E-state index contributed by atoms with van der Waals surface area (Å²) in [4.78, 5) is 8.02. The van der Waals surface area contributed by atoms with Gasteiger partial charge in [0.2, 0.25) is 5.88 Å². The van der Waals surface area contributed by atoms with Crippen molar-refractivity contribution in [1.29, 1.82) is 0 Å². The van der Waals surface area contributed by atoms with Gasteiger partial charge in [0.1, 0.15) is 11.4 Å². The Bertz CT molecular complexity index is 609. The monoisotopic (exact) mass is 258 g/mol. The molecule has 0 aliphatic rings. The average molecular weight is 258 g/mol. The van der Waals surface area contributed by atoms with Gasteiger partial charge in [-0.15, -0.1) is 0 Å². The van der Waals surface area contributed by atoms with E-state index in [1.165, 1.54) is 18.0 Å². The maximum absolute atomic E-state index is 8.51. The lowest BCUT2D eigenvalue weighted by Gasteiger charge is -2.07. The highest BCUT2D eigenvalue weighted by Gasteiger charge is 2.04. The smallest absolute Gasteiger partial charge is 0.237 e. The summed E-state index contributed by atoms with van der Waals surface area (Å²) in [5.74, 6) is 0.942. The molecule has 3 N–H and O–H groups in total. The van der Waals surface area contributed by atoms with E-state index in [-0.39, 0.29) is 11.5 Å². The van der Waals surface area contributed by atoms with Crippen molar-refractivity contribution in [3.8, 4) is 11.6 Å². The summed E-state index contributed by atoms with van der Waals surface area (Å²) >= 11 is 0. The van der Waals surface area contributed by atoms with Crippen LogP contribution in [0.1, 0.15) is 16.8 Å². The third kappa shape index (κ3) is 2.98. The molecular weight excluding hydrogens is 244 g/mol. The zero-order valence-corrected chi connectivity index (χ0v) is 10.7. The molecule has 2 rings (SSSR count). The maximum Gasteiger partial charge on any atom is 0.237 e. The molecule has 0 aliphatic carbocycles. The standard InChI is InChI=1S/C13H14N4O2/c1-8-3-4-10(5-9(8)2)19-12-7-15-11(6-16-12)13(14)17-18/h3-7,18H,1-2H3,(H2,14,17). The van der Waals surface area contributed by atoms with Crippen LogP contribution in [-0.2, 0) is 0 Å². The van der Waals surface area contributed by atoms with Gasteiger partial charge in [-0.05, 0) is 37.1 Å². The van der Waals surface area contributed by atoms with Gasteiger partial charge in [-0.3, -0.25) is 0 Å². The highest BCUT2D eigenvalue weighted by atomic mass is 16.5. The summed E-state index contributed by atoms with van der Waals surface area (Å²) in [7, 11) is 0. The molecule has 6 heteroatoms. The number of hydrogen-bond acceptors (Lipinski definition) is 5. The van der Waals surface area contributed by atoms with E-state index < -0.39 is 0 Å². The summed E-state index contributed by atoms with van der Waals surface area (Å²) in [6, 6.07) is 5.76. The Morgan fingerprint density at radius 3 is 2.58 bits per heavy atom. The van der Waals surface area contributed by atoms with Crippen LogP contribution < -0.4 is 10.5 Å². The van der Waals surface area contributed by atoms with Gasteiger partial charge in [0.25, 0.3) is 0 Å². The quantitative estimate of drug-likeness (QED) is 0.380. The fraction of sp³-hybridized carbons (Fsp3) is 0.154. The Morgan fingerprint density at radius 2 is 2.00 bits per heavy atom. The first-order valence-electron chi connectivity index (χ1n) is 5.65. The van der Waals surface area contributed by atoms with Gasteiger partial charge in [-0.2, -0.15) is 0 Å². The number of oxime groups is 1. The minimum Gasteiger partial charge on any atom is -0.437 e. The molecule has 0 amide bonds. The Hall–Kier alpha value is -2.63. The van der Waals surface area contributed by atoms with Crippen molar-refractivity contribution in [3.63, 3.8) is 0 Å². The molecule has 19 heavy (non-hydrogen) atoms. The molecule has 6 nitrogen and oxygen atoms in total. The number of rotatable bonds is 3. The summed E-state index contributed by atoms with van der Waals surface area (Å²) in [6.07, 6.45) is 2.80. The summed E-state index contributed by atoms with van der Waals surface area (Å²) in [5, 5.41) is 11.4. The van der Waals surface area contributed by atoms with Crippen molar-refractivity contribution in [2.24, 2.45) is 10.9 Å². The van der Waals surface area contributed by atoms with E-state index in [1.54, 1.807) is 0 Å². The fourth-order valence-electron chi connectivity index (χ4n) is 1.45. The third-order valence-corrected chi connectivity index (χ3v) is 2.70. The lowest BCUT2D eigenvalue weighted by molar-refractivity contribution is 0.318. The molecule has 0 saturated heterocycles. The van der Waals surface area contributed by atoms with Crippen LogP contribution in [0.3, 0.4) is 0 Å². The van der Waals surface area contributed by atoms with Crippen LogP contribution in [0.15, 0.2) is 35.7 Å². The van der Waals surface area contributed by atoms with Crippen molar-refractivity contribution < 1.29 is 9.94 Å². The van der Waals surface area contributed by atoms with Gasteiger partial charge in [-0.25, -0.2) is 9.97 Å². The number of ether oxygens (including phenoxy) is 1. The number of nitrogens with two attached hydrogens (primary N) is 1. The minimum absolute atomic E-state index is 0.0924. The van der Waals surface area contributed by atoms with Crippen LogP contribution >= 0.6 is 0 Å². The summed E-state index contributed by atoms with van der Waals surface area (Å²) in [6.45, 7) is 4.04. The van der Waals surface area contributed by atoms with Crippen LogP contribution in [0.25, 0.3) is 0 Å². The number of aromatic nitrogens is 2. The molecule has 0 saturated carbocycles. The van der Waals surface area contributed by atoms with Crippen LogP contribution in [-0.4, -0.2) is 21.0 Å². The van der Waals surface area contributed by atoms with Gasteiger partial charge in [-0.1, -0.05) is 11.2 Å². The Balaban J connectivity index is 2.17. The van der Waals surface area contributed by atoms with Crippen LogP contribution in [0.5, 0.6) is 11.6 Å². The largest absolute Gasteiger partial charge is 0.437 e. The van der Waals surface area contributed by atoms with E-state index in [0.717, 1.165) is 5.56 Å². The second-order valence-electron chi connectivity index (χ2n) is 4.07. The van der Waals surface area contributed by atoms with Crippen molar-refractivity contribution >= 4 is 5.84 Å². The predicted octanol–water partition coefficient (Wildman–Crippen LogP) is 1.98. The topological polar surface area (TPSA) is 93.6 Å². The minimum atomic E-state index is -0.0924. The van der Waals surface area contributed by atoms with Crippen molar-refractivity contribution in [2.45, 2.75) is 13.8 Å². The lowest BCUT2D eigenvalue weighted by atomic mass is 10.1. The van der Waals surface area contributed by atoms with E-state index >= 15 is 0 Å². The normalized spacial score (nSPS) is 11.4. The highest BCUT2D eigenvalue weighted by molar-refractivity contribution is 5.94. The Morgan fingerprint density at radius 1 is 1.21 bits per heavy atom. The molecule has 0 aliphatic heterocycles. The van der Waals surface area contributed by atoms with E-state index in [0.29, 0.717) is 11.6 Å². The molecule has 0 unspecified atom stereocenters. The van der Waals surface area contributed by atoms with Crippen LogP contribution in [0, 0.1) is 13.8 Å². The van der Waals surface area contributed by atoms with Crippen molar-refractivity contribution in [3.05, 3.63) is 47.4 Å². The average Bonchev–Trinajstić information content (AvgIpc) is 2.43. The first-order chi connectivity index (χ1) is 9.10. The van der Waals surface area contributed by atoms with Crippen molar-refractivity contribution in [2.75, 3.05) is 0 Å².